The monoisotopic (exact) mass is 507 g/mol. The van der Waals surface area contributed by atoms with Crippen LogP contribution in [0.15, 0.2) is 42.5 Å². The fraction of sp³-hybridized carbons (Fsp3) is 0.308. The SMILES string of the molecule is [C-]#[N+]c1ccc(C2CC(CC(=O)N3CCn4nc(-c5ccc(Cl)c(Cl)c5)c(C(N)=O)c4C3)C2)cc1. The number of primary amides is 1. The highest BCUT2D eigenvalue weighted by atomic mass is 35.5. The lowest BCUT2D eigenvalue weighted by Crippen LogP contribution is -2.40. The predicted octanol–water partition coefficient (Wildman–Crippen LogP) is 5.43. The summed E-state index contributed by atoms with van der Waals surface area (Å²) in [6, 6.07) is 12.8. The molecule has 2 amide bonds. The number of halogens is 2. The van der Waals surface area contributed by atoms with Gasteiger partial charge in [0.05, 0.1) is 41.0 Å². The maximum Gasteiger partial charge on any atom is 0.252 e. The van der Waals surface area contributed by atoms with Gasteiger partial charge in [0, 0.05) is 18.5 Å². The summed E-state index contributed by atoms with van der Waals surface area (Å²) in [6.45, 7) is 8.38. The zero-order valence-corrected chi connectivity index (χ0v) is 20.4. The van der Waals surface area contributed by atoms with Crippen LogP contribution in [0.1, 0.15) is 46.8 Å². The maximum atomic E-state index is 13.1. The fourth-order valence-electron chi connectivity index (χ4n) is 5.01. The van der Waals surface area contributed by atoms with Crippen LogP contribution in [0.4, 0.5) is 5.69 Å². The summed E-state index contributed by atoms with van der Waals surface area (Å²) in [7, 11) is 0. The van der Waals surface area contributed by atoms with Crippen LogP contribution in [0.5, 0.6) is 0 Å². The molecule has 1 aromatic heterocycles. The van der Waals surface area contributed by atoms with Gasteiger partial charge in [0.1, 0.15) is 5.69 Å². The van der Waals surface area contributed by atoms with Crippen molar-refractivity contribution in [3.05, 3.63) is 80.7 Å². The molecule has 0 unspecified atom stereocenters. The van der Waals surface area contributed by atoms with Crippen LogP contribution in [0.3, 0.4) is 0 Å². The number of amides is 2. The summed E-state index contributed by atoms with van der Waals surface area (Å²) in [5, 5.41) is 5.39. The van der Waals surface area contributed by atoms with E-state index in [0.29, 0.717) is 76.1 Å². The lowest BCUT2D eigenvalue weighted by Gasteiger charge is -2.37. The van der Waals surface area contributed by atoms with Gasteiger partial charge in [0.25, 0.3) is 5.91 Å². The summed E-state index contributed by atoms with van der Waals surface area (Å²) >= 11 is 12.2. The van der Waals surface area contributed by atoms with Gasteiger partial charge in [0.15, 0.2) is 5.69 Å². The molecular formula is C26H23Cl2N5O2. The molecule has 0 atom stereocenters. The number of benzene rings is 2. The van der Waals surface area contributed by atoms with Gasteiger partial charge in [0.2, 0.25) is 5.91 Å². The molecule has 3 aromatic rings. The van der Waals surface area contributed by atoms with Crippen LogP contribution < -0.4 is 5.73 Å². The number of nitrogens with two attached hydrogens (primary N) is 1. The normalized spacial score (nSPS) is 18.9. The zero-order valence-electron chi connectivity index (χ0n) is 18.9. The minimum Gasteiger partial charge on any atom is -0.365 e. The van der Waals surface area contributed by atoms with Gasteiger partial charge in [-0.2, -0.15) is 5.10 Å². The standard InChI is InChI=1S/C26H23Cl2N5O2/c1-30-19-5-2-16(3-6-19)18-10-15(11-18)12-23(34)32-8-9-33-22(14-32)24(26(29)35)25(31-33)17-4-7-20(27)21(28)13-17/h2-7,13,15,18H,8-12,14H2,(H2,29,35). The van der Waals surface area contributed by atoms with Gasteiger partial charge in [-0.25, -0.2) is 4.85 Å². The molecule has 0 saturated heterocycles. The molecule has 2 aliphatic rings. The van der Waals surface area contributed by atoms with E-state index >= 15 is 0 Å². The molecule has 2 N–H and O–H groups in total. The molecule has 35 heavy (non-hydrogen) atoms. The highest BCUT2D eigenvalue weighted by Gasteiger charge is 2.35. The van der Waals surface area contributed by atoms with Crippen LogP contribution in [-0.4, -0.2) is 33.0 Å². The average Bonchev–Trinajstić information content (AvgIpc) is 3.22. The van der Waals surface area contributed by atoms with E-state index in [9.17, 15) is 9.59 Å². The summed E-state index contributed by atoms with van der Waals surface area (Å²) in [4.78, 5) is 30.7. The molecule has 0 spiro atoms. The number of hydrogen-bond donors (Lipinski definition) is 1. The molecule has 1 aliphatic heterocycles. The van der Waals surface area contributed by atoms with Gasteiger partial charge < -0.3 is 10.6 Å². The summed E-state index contributed by atoms with van der Waals surface area (Å²) < 4.78 is 1.76. The number of rotatable bonds is 5. The second-order valence-corrected chi connectivity index (χ2v) is 9.96. The van der Waals surface area contributed by atoms with E-state index in [-0.39, 0.29) is 5.91 Å². The number of hydrogen-bond acceptors (Lipinski definition) is 3. The highest BCUT2D eigenvalue weighted by Crippen LogP contribution is 2.44. The minimum atomic E-state index is -0.590. The van der Waals surface area contributed by atoms with Crippen molar-refractivity contribution in [1.29, 1.82) is 0 Å². The van der Waals surface area contributed by atoms with E-state index in [1.54, 1.807) is 27.8 Å². The third-order valence-electron chi connectivity index (χ3n) is 6.96. The number of carbonyl (C=O) groups excluding carboxylic acids is 2. The molecule has 1 aliphatic carbocycles. The van der Waals surface area contributed by atoms with Crippen LogP contribution in [0.25, 0.3) is 16.1 Å². The third-order valence-corrected chi connectivity index (χ3v) is 7.70. The topological polar surface area (TPSA) is 85.6 Å². The summed E-state index contributed by atoms with van der Waals surface area (Å²) in [5.74, 6) is 0.260. The molecule has 178 valence electrons. The Labute approximate surface area is 213 Å². The van der Waals surface area contributed by atoms with Crippen LogP contribution in [-0.2, 0) is 17.9 Å². The summed E-state index contributed by atoms with van der Waals surface area (Å²) in [5.41, 5.74) is 9.66. The largest absolute Gasteiger partial charge is 0.365 e. The molecule has 7 nitrogen and oxygen atoms in total. The fourth-order valence-corrected chi connectivity index (χ4v) is 5.30. The quantitative estimate of drug-likeness (QED) is 0.467. The zero-order chi connectivity index (χ0) is 24.7. The first-order valence-electron chi connectivity index (χ1n) is 11.4. The Morgan fingerprint density at radius 2 is 1.83 bits per heavy atom. The first kappa shape index (κ1) is 23.4. The van der Waals surface area contributed by atoms with Crippen LogP contribution >= 0.6 is 23.2 Å². The van der Waals surface area contributed by atoms with E-state index in [4.69, 9.17) is 35.5 Å². The predicted molar refractivity (Wildman–Crippen MR) is 134 cm³/mol. The van der Waals surface area contributed by atoms with Crippen LogP contribution in [0, 0.1) is 12.5 Å². The van der Waals surface area contributed by atoms with Gasteiger partial charge in [-0.05, 0) is 42.4 Å². The summed E-state index contributed by atoms with van der Waals surface area (Å²) in [6.07, 6.45) is 2.40. The molecule has 0 bridgehead atoms. The molecule has 1 saturated carbocycles. The van der Waals surface area contributed by atoms with Crippen molar-refractivity contribution in [3.8, 4) is 11.3 Å². The van der Waals surface area contributed by atoms with Gasteiger partial charge in [-0.15, -0.1) is 0 Å². The third kappa shape index (κ3) is 4.52. The first-order valence-corrected chi connectivity index (χ1v) is 12.2. The van der Waals surface area contributed by atoms with Crippen molar-refractivity contribution in [2.24, 2.45) is 11.7 Å². The smallest absolute Gasteiger partial charge is 0.252 e. The molecule has 1 fully saturated rings. The Morgan fingerprint density at radius 1 is 1.09 bits per heavy atom. The Morgan fingerprint density at radius 3 is 2.49 bits per heavy atom. The van der Waals surface area contributed by atoms with Gasteiger partial charge >= 0.3 is 0 Å². The Kier molecular flexibility index (Phi) is 6.26. The number of fused-ring (bicyclic) bond motifs is 1. The molecular weight excluding hydrogens is 485 g/mol. The lowest BCUT2D eigenvalue weighted by atomic mass is 9.70. The maximum absolute atomic E-state index is 13.1. The van der Waals surface area contributed by atoms with Crippen molar-refractivity contribution in [3.63, 3.8) is 0 Å². The van der Waals surface area contributed by atoms with Crippen molar-refractivity contribution in [2.75, 3.05) is 6.54 Å². The number of carbonyl (C=O) groups is 2. The molecule has 9 heteroatoms. The van der Waals surface area contributed by atoms with E-state index in [2.05, 4.69) is 9.94 Å². The average molecular weight is 508 g/mol. The minimum absolute atomic E-state index is 0.0794. The van der Waals surface area contributed by atoms with Crippen molar-refractivity contribution in [2.45, 2.75) is 38.3 Å². The molecule has 2 aromatic carbocycles. The number of aromatic nitrogens is 2. The molecule has 2 heterocycles. The van der Waals surface area contributed by atoms with E-state index in [1.807, 2.05) is 24.3 Å². The second kappa shape index (κ2) is 9.37. The number of nitrogens with zero attached hydrogens (tertiary/aromatic N) is 4. The van der Waals surface area contributed by atoms with Gasteiger partial charge in [-0.3, -0.25) is 14.3 Å². The molecule has 0 radical (unpaired) electrons. The second-order valence-electron chi connectivity index (χ2n) is 9.14. The van der Waals surface area contributed by atoms with Gasteiger partial charge in [-0.1, -0.05) is 53.5 Å². The van der Waals surface area contributed by atoms with E-state index < -0.39 is 5.91 Å². The van der Waals surface area contributed by atoms with Crippen molar-refractivity contribution >= 4 is 40.7 Å². The first-order chi connectivity index (χ1) is 16.8. The highest BCUT2D eigenvalue weighted by molar-refractivity contribution is 6.42. The Bertz CT molecular complexity index is 1350. The van der Waals surface area contributed by atoms with Crippen molar-refractivity contribution < 1.29 is 9.59 Å². The van der Waals surface area contributed by atoms with Crippen molar-refractivity contribution in [1.82, 2.24) is 14.7 Å². The van der Waals surface area contributed by atoms with E-state index in [1.165, 1.54) is 5.56 Å². The van der Waals surface area contributed by atoms with Crippen LogP contribution in [0.2, 0.25) is 10.0 Å². The Balaban J connectivity index is 1.27. The van der Waals surface area contributed by atoms with E-state index in [0.717, 1.165) is 12.8 Å². The Hall–Kier alpha value is -3.34. The molecule has 5 rings (SSSR count). The lowest BCUT2D eigenvalue weighted by molar-refractivity contribution is -0.134.